The lowest BCUT2D eigenvalue weighted by Gasteiger charge is -2.37. The number of rotatable bonds is 10. The molecule has 2 atom stereocenters. The first-order chi connectivity index (χ1) is 19.6. The summed E-state index contributed by atoms with van der Waals surface area (Å²) in [6.07, 6.45) is 8.93. The van der Waals surface area contributed by atoms with Crippen LogP contribution in [0.25, 0.3) is 11.2 Å². The zero-order valence-corrected chi connectivity index (χ0v) is 24.8. The largest absolute Gasteiger partial charge is 0.396 e. The Bertz CT molecular complexity index is 1260. The monoisotopic (exact) mass is 564 g/mol. The minimum absolute atomic E-state index is 0.0957. The molecule has 3 heterocycles. The van der Waals surface area contributed by atoms with Crippen molar-refractivity contribution < 1.29 is 9.84 Å². The summed E-state index contributed by atoms with van der Waals surface area (Å²) >= 11 is 1.49. The maximum atomic E-state index is 9.49. The van der Waals surface area contributed by atoms with Crippen molar-refractivity contribution in [3.8, 4) is 0 Å². The van der Waals surface area contributed by atoms with E-state index < -0.39 is 0 Å². The zero-order valence-electron chi connectivity index (χ0n) is 24.0. The van der Waals surface area contributed by atoms with E-state index >= 15 is 0 Å². The Morgan fingerprint density at radius 1 is 1.07 bits per heavy atom. The second kappa shape index (κ2) is 12.7. The average Bonchev–Trinajstić information content (AvgIpc) is 3.30. The van der Waals surface area contributed by atoms with Gasteiger partial charge in [0.2, 0.25) is 5.95 Å². The minimum Gasteiger partial charge on any atom is -0.396 e. The van der Waals surface area contributed by atoms with Crippen LogP contribution in [-0.4, -0.2) is 62.8 Å². The van der Waals surface area contributed by atoms with Crippen molar-refractivity contribution in [1.29, 1.82) is 0 Å². The van der Waals surface area contributed by atoms with Gasteiger partial charge in [0, 0.05) is 24.9 Å². The number of ether oxygens (including phenoxy) is 1. The molecule has 2 aromatic heterocycles. The van der Waals surface area contributed by atoms with E-state index in [1.165, 1.54) is 62.3 Å². The lowest BCUT2D eigenvalue weighted by atomic mass is 9.80. The van der Waals surface area contributed by atoms with Crippen molar-refractivity contribution in [3.05, 3.63) is 35.9 Å². The van der Waals surface area contributed by atoms with E-state index in [1.54, 1.807) is 0 Å². The van der Waals surface area contributed by atoms with E-state index in [0.29, 0.717) is 42.0 Å². The molecule has 0 spiro atoms. The Kier molecular flexibility index (Phi) is 8.79. The van der Waals surface area contributed by atoms with E-state index in [9.17, 15) is 5.11 Å². The first kappa shape index (κ1) is 27.8. The third-order valence-corrected chi connectivity index (χ3v) is 10.1. The summed E-state index contributed by atoms with van der Waals surface area (Å²) in [5.74, 6) is 4.53. The molecule has 1 aromatic carbocycles. The van der Waals surface area contributed by atoms with E-state index in [-0.39, 0.29) is 12.6 Å². The number of aliphatic hydroxyl groups excluding tert-OH is 1. The Balaban J connectivity index is 1.45. The van der Waals surface area contributed by atoms with Crippen LogP contribution in [0, 0.1) is 17.8 Å². The number of nitrogens with one attached hydrogen (secondary N) is 1. The highest BCUT2D eigenvalue weighted by Gasteiger charge is 2.33. The number of fused-ring (bicyclic) bond motifs is 1. The number of hydrogen-bond acceptors (Lipinski definition) is 8. The van der Waals surface area contributed by atoms with Crippen LogP contribution in [0.4, 0.5) is 11.8 Å². The summed E-state index contributed by atoms with van der Waals surface area (Å²) in [6, 6.07) is 11.1. The van der Waals surface area contributed by atoms with Gasteiger partial charge in [-0.15, -0.1) is 0 Å². The molecule has 6 rings (SSSR count). The number of morpholine rings is 1. The Labute approximate surface area is 242 Å². The lowest BCUT2D eigenvalue weighted by Crippen LogP contribution is -2.41. The molecule has 9 heteroatoms. The molecular weight excluding hydrogens is 520 g/mol. The molecule has 8 nitrogen and oxygen atoms in total. The van der Waals surface area contributed by atoms with Gasteiger partial charge < -0.3 is 24.6 Å². The molecule has 0 bridgehead atoms. The predicted octanol–water partition coefficient (Wildman–Crippen LogP) is 5.92. The van der Waals surface area contributed by atoms with Gasteiger partial charge in [-0.2, -0.15) is 4.98 Å². The first-order valence-electron chi connectivity index (χ1n) is 15.3. The summed E-state index contributed by atoms with van der Waals surface area (Å²) in [7, 11) is 0. The van der Waals surface area contributed by atoms with E-state index in [0.717, 1.165) is 41.9 Å². The fraction of sp³-hybridized carbons (Fsp3) is 0.645. The van der Waals surface area contributed by atoms with Gasteiger partial charge in [-0.3, -0.25) is 0 Å². The fourth-order valence-corrected chi connectivity index (χ4v) is 7.12. The maximum Gasteiger partial charge on any atom is 0.208 e. The number of aliphatic hydroxyl groups is 1. The molecule has 0 amide bonds. The van der Waals surface area contributed by atoms with Crippen molar-refractivity contribution >= 4 is 34.7 Å². The Morgan fingerprint density at radius 3 is 2.60 bits per heavy atom. The van der Waals surface area contributed by atoms with Gasteiger partial charge in [0.1, 0.15) is 5.52 Å². The fourth-order valence-electron chi connectivity index (χ4n) is 6.54. The lowest BCUT2D eigenvalue weighted by molar-refractivity contribution is 0.0927. The van der Waals surface area contributed by atoms with Crippen molar-refractivity contribution in [2.24, 2.45) is 17.8 Å². The van der Waals surface area contributed by atoms with E-state index in [1.807, 2.05) is 0 Å². The van der Waals surface area contributed by atoms with Gasteiger partial charge in [0.25, 0.3) is 0 Å². The predicted molar refractivity (Wildman–Crippen MR) is 162 cm³/mol. The second-order valence-electron chi connectivity index (χ2n) is 12.1. The summed E-state index contributed by atoms with van der Waals surface area (Å²) in [4.78, 5) is 17.7. The normalized spacial score (nSPS) is 24.7. The number of thioether (sulfide) groups is 1. The van der Waals surface area contributed by atoms with E-state index in [2.05, 4.69) is 59.0 Å². The van der Waals surface area contributed by atoms with E-state index in [4.69, 9.17) is 19.7 Å². The average molecular weight is 565 g/mol. The standard InChI is InChI=1S/C31H44N6O2S/c1-21-11-13-23(14-12-21)19-37-27-28(32-22(2)24-9-6-10-24)33-30(40-18-16-38)34-29(27)35-31(37)36-15-17-39-20-26(36)25-7-4-3-5-8-25/h3-5,7-8,21-24,26,38H,6,9-20H2,1-2H3,(H,32,33,34)/t21-,22-,23-,26+/m1/s1. The SMILES string of the molecule is C[C@@H](Nc1nc(SCCO)nc2nc(N3CCOC[C@H]3c3ccccc3)n(C[C@H]3CC[C@H](C)CC3)c12)C1CCC1. The van der Waals surface area contributed by atoms with Crippen molar-refractivity contribution in [2.45, 2.75) is 82.6 Å². The highest BCUT2D eigenvalue weighted by Crippen LogP contribution is 2.38. The summed E-state index contributed by atoms with van der Waals surface area (Å²) < 4.78 is 8.44. The molecule has 2 aliphatic carbocycles. The van der Waals surface area contributed by atoms with Crippen molar-refractivity contribution in [2.75, 3.05) is 42.3 Å². The number of nitrogens with zero attached hydrogens (tertiary/aromatic N) is 5. The third kappa shape index (κ3) is 5.97. The number of imidazole rings is 1. The maximum absolute atomic E-state index is 9.49. The van der Waals surface area contributed by atoms with Crippen LogP contribution in [0.1, 0.15) is 70.4 Å². The Morgan fingerprint density at radius 2 is 1.88 bits per heavy atom. The minimum atomic E-state index is 0.0957. The van der Waals surface area contributed by atoms with Crippen molar-refractivity contribution in [1.82, 2.24) is 19.5 Å². The summed E-state index contributed by atoms with van der Waals surface area (Å²) in [5.41, 5.74) is 3.01. The Hall–Kier alpha value is -2.36. The molecule has 40 heavy (non-hydrogen) atoms. The van der Waals surface area contributed by atoms with Gasteiger partial charge in [0.05, 0.1) is 25.9 Å². The topological polar surface area (TPSA) is 88.3 Å². The molecule has 3 aliphatic rings. The van der Waals surface area contributed by atoms with Crippen LogP contribution < -0.4 is 10.2 Å². The van der Waals surface area contributed by atoms with Crippen LogP contribution >= 0.6 is 11.8 Å². The van der Waals surface area contributed by atoms with Gasteiger partial charge in [-0.1, -0.05) is 68.3 Å². The molecule has 216 valence electrons. The number of benzene rings is 1. The first-order valence-corrected chi connectivity index (χ1v) is 16.3. The number of aromatic nitrogens is 4. The molecule has 3 aromatic rings. The highest BCUT2D eigenvalue weighted by atomic mass is 32.2. The van der Waals surface area contributed by atoms with Crippen LogP contribution in [0.3, 0.4) is 0 Å². The molecular formula is C31H44N6O2S. The molecule has 1 aliphatic heterocycles. The smallest absolute Gasteiger partial charge is 0.208 e. The molecule has 2 N–H and O–H groups in total. The third-order valence-electron chi connectivity index (χ3n) is 9.25. The van der Waals surface area contributed by atoms with Gasteiger partial charge >= 0.3 is 0 Å². The molecule has 0 unspecified atom stereocenters. The van der Waals surface area contributed by atoms with Crippen molar-refractivity contribution in [3.63, 3.8) is 0 Å². The van der Waals surface area contributed by atoms with Gasteiger partial charge in [0.15, 0.2) is 16.6 Å². The molecule has 3 fully saturated rings. The second-order valence-corrected chi connectivity index (χ2v) is 13.1. The van der Waals surface area contributed by atoms with Gasteiger partial charge in [-0.25, -0.2) is 9.97 Å². The summed E-state index contributed by atoms with van der Waals surface area (Å²) in [6.45, 7) is 7.80. The van der Waals surface area contributed by atoms with Crippen LogP contribution in [-0.2, 0) is 11.3 Å². The summed E-state index contributed by atoms with van der Waals surface area (Å²) in [5, 5.41) is 14.0. The number of hydrogen-bond donors (Lipinski definition) is 2. The quantitative estimate of drug-likeness (QED) is 0.232. The van der Waals surface area contributed by atoms with Crippen LogP contribution in [0.2, 0.25) is 0 Å². The zero-order chi connectivity index (χ0) is 27.5. The molecule has 0 radical (unpaired) electrons. The number of anilines is 2. The molecule has 2 saturated carbocycles. The highest BCUT2D eigenvalue weighted by molar-refractivity contribution is 7.99. The molecule has 1 saturated heterocycles. The van der Waals surface area contributed by atoms with Gasteiger partial charge in [-0.05, 0) is 55.9 Å². The van der Waals surface area contributed by atoms with Crippen LogP contribution in [0.5, 0.6) is 0 Å². The van der Waals surface area contributed by atoms with Crippen LogP contribution in [0.15, 0.2) is 35.5 Å².